The predicted octanol–water partition coefficient (Wildman–Crippen LogP) is 4.19. The Morgan fingerprint density at radius 2 is 1.91 bits per heavy atom. The second kappa shape index (κ2) is 9.30. The van der Waals surface area contributed by atoms with Crippen LogP contribution in [0.4, 0.5) is 0 Å². The normalized spacial score (nSPS) is 20.7. The van der Waals surface area contributed by atoms with Gasteiger partial charge in [-0.1, -0.05) is 27.7 Å². The molecule has 1 aromatic carbocycles. The Morgan fingerprint density at radius 1 is 1.19 bits per heavy atom. The van der Waals surface area contributed by atoms with Gasteiger partial charge in [-0.3, -0.25) is 9.78 Å². The number of pyridine rings is 1. The number of nitrogens with zero attached hydrogens (tertiary/aromatic N) is 2. The van der Waals surface area contributed by atoms with E-state index in [1.165, 1.54) is 0 Å². The van der Waals surface area contributed by atoms with Gasteiger partial charge in [-0.15, -0.1) is 0 Å². The number of benzene rings is 1. The van der Waals surface area contributed by atoms with Gasteiger partial charge in [-0.2, -0.15) is 5.26 Å². The average molecular weight is 436 g/mol. The van der Waals surface area contributed by atoms with Crippen molar-refractivity contribution < 1.29 is 14.6 Å². The minimum atomic E-state index is -0.279. The van der Waals surface area contributed by atoms with Gasteiger partial charge in [-0.25, -0.2) is 0 Å². The third-order valence-electron chi connectivity index (χ3n) is 6.62. The number of aliphatic hydroxyl groups is 1. The maximum atomic E-state index is 12.9. The summed E-state index contributed by atoms with van der Waals surface area (Å²) in [5, 5.41) is 21.2. The Hall–Kier alpha value is -2.91. The van der Waals surface area contributed by atoms with Crippen molar-refractivity contribution in [2.45, 2.75) is 66.0 Å². The van der Waals surface area contributed by atoms with Crippen LogP contribution in [0.2, 0.25) is 0 Å². The van der Waals surface area contributed by atoms with Crippen LogP contribution in [0.25, 0.3) is 0 Å². The Bertz CT molecular complexity index is 990. The number of amides is 1. The summed E-state index contributed by atoms with van der Waals surface area (Å²) < 4.78 is 6.35. The molecule has 1 saturated carbocycles. The first-order valence-corrected chi connectivity index (χ1v) is 11.1. The molecule has 0 saturated heterocycles. The molecule has 0 atom stereocenters. The molecule has 1 aliphatic rings. The molecular weight excluding hydrogens is 402 g/mol. The number of aromatic nitrogens is 1. The van der Waals surface area contributed by atoms with Gasteiger partial charge in [0, 0.05) is 35.4 Å². The van der Waals surface area contributed by atoms with E-state index >= 15 is 0 Å². The number of carbonyl (C=O) groups excluding carboxylic acids is 1. The number of aryl methyl sites for hydroxylation is 2. The third-order valence-corrected chi connectivity index (χ3v) is 6.62. The van der Waals surface area contributed by atoms with Crippen molar-refractivity contribution in [2.24, 2.45) is 10.8 Å². The first-order valence-electron chi connectivity index (χ1n) is 11.1. The third kappa shape index (κ3) is 4.63. The Kier molecular flexibility index (Phi) is 6.90. The molecule has 3 rings (SSSR count). The molecule has 6 nitrogen and oxygen atoms in total. The van der Waals surface area contributed by atoms with E-state index in [2.05, 4.69) is 44.1 Å². The highest BCUT2D eigenvalue weighted by atomic mass is 16.5. The van der Waals surface area contributed by atoms with E-state index in [-0.39, 0.29) is 35.5 Å². The highest BCUT2D eigenvalue weighted by Crippen LogP contribution is 2.55. The number of nitrogens with one attached hydrogen (secondary N) is 1. The monoisotopic (exact) mass is 435 g/mol. The van der Waals surface area contributed by atoms with Gasteiger partial charge in [0.25, 0.3) is 5.91 Å². The van der Waals surface area contributed by atoms with Crippen LogP contribution in [-0.2, 0) is 6.42 Å². The fourth-order valence-electron chi connectivity index (χ4n) is 5.11. The summed E-state index contributed by atoms with van der Waals surface area (Å²) in [6, 6.07) is 11.3. The Balaban J connectivity index is 1.67. The van der Waals surface area contributed by atoms with Crippen molar-refractivity contribution in [3.8, 4) is 11.8 Å². The van der Waals surface area contributed by atoms with Crippen LogP contribution >= 0.6 is 0 Å². The summed E-state index contributed by atoms with van der Waals surface area (Å²) in [5.74, 6) is 0.594. The molecule has 1 heterocycles. The van der Waals surface area contributed by atoms with E-state index in [1.54, 1.807) is 12.3 Å². The lowest BCUT2D eigenvalue weighted by molar-refractivity contribution is -0.164. The van der Waals surface area contributed by atoms with E-state index in [4.69, 9.17) is 15.1 Å². The molecule has 170 valence electrons. The predicted molar refractivity (Wildman–Crippen MR) is 123 cm³/mol. The smallest absolute Gasteiger partial charge is 0.253 e. The lowest BCUT2D eigenvalue weighted by Crippen LogP contribution is -2.74. The van der Waals surface area contributed by atoms with Crippen LogP contribution in [0.5, 0.6) is 5.75 Å². The van der Waals surface area contributed by atoms with Crippen molar-refractivity contribution in [2.75, 3.05) is 6.61 Å². The Morgan fingerprint density at radius 3 is 2.47 bits per heavy atom. The SMILES string of the molecule is Cc1cc(OC2C(C)(C)C(NC(=O)c3ccc(CCCCO)nc3)C2(C)C)ccc1C#N. The molecule has 2 aromatic rings. The molecule has 1 aromatic heterocycles. The zero-order valence-electron chi connectivity index (χ0n) is 19.6. The summed E-state index contributed by atoms with van der Waals surface area (Å²) in [6.45, 7) is 10.5. The minimum absolute atomic E-state index is 0.0730. The van der Waals surface area contributed by atoms with Crippen LogP contribution < -0.4 is 10.1 Å². The van der Waals surface area contributed by atoms with Crippen LogP contribution in [0.1, 0.15) is 67.7 Å². The molecule has 1 amide bonds. The van der Waals surface area contributed by atoms with Crippen molar-refractivity contribution in [3.05, 3.63) is 58.9 Å². The lowest BCUT2D eigenvalue weighted by atomic mass is 9.49. The number of nitriles is 1. The van der Waals surface area contributed by atoms with Crippen molar-refractivity contribution >= 4 is 5.91 Å². The quantitative estimate of drug-likeness (QED) is 0.606. The molecule has 1 fully saturated rings. The maximum absolute atomic E-state index is 12.9. The van der Waals surface area contributed by atoms with Gasteiger partial charge in [0.2, 0.25) is 0 Å². The number of hydrogen-bond acceptors (Lipinski definition) is 5. The van der Waals surface area contributed by atoms with Crippen LogP contribution in [0.15, 0.2) is 36.5 Å². The maximum Gasteiger partial charge on any atom is 0.253 e. The van der Waals surface area contributed by atoms with E-state index in [0.29, 0.717) is 11.1 Å². The highest BCUT2D eigenvalue weighted by Gasteiger charge is 2.64. The van der Waals surface area contributed by atoms with Gasteiger partial charge >= 0.3 is 0 Å². The number of ether oxygens (including phenoxy) is 1. The first-order chi connectivity index (χ1) is 15.1. The second-order valence-corrected chi connectivity index (χ2v) is 9.85. The van der Waals surface area contributed by atoms with E-state index < -0.39 is 0 Å². The highest BCUT2D eigenvalue weighted by molar-refractivity contribution is 5.94. The topological polar surface area (TPSA) is 95.2 Å². The summed E-state index contributed by atoms with van der Waals surface area (Å²) in [6.07, 6.45) is 3.94. The first kappa shape index (κ1) is 23.7. The number of carbonyl (C=O) groups is 1. The fraction of sp³-hybridized carbons (Fsp3) is 0.500. The average Bonchev–Trinajstić information content (AvgIpc) is 2.76. The summed E-state index contributed by atoms with van der Waals surface area (Å²) >= 11 is 0. The van der Waals surface area contributed by atoms with E-state index in [9.17, 15) is 4.79 Å². The fourth-order valence-corrected chi connectivity index (χ4v) is 5.11. The number of unbranched alkanes of at least 4 members (excludes halogenated alkanes) is 1. The van der Waals surface area contributed by atoms with Crippen molar-refractivity contribution in [1.29, 1.82) is 5.26 Å². The van der Waals surface area contributed by atoms with Gasteiger partial charge in [-0.05, 0) is 62.1 Å². The standard InChI is InChI=1S/C26H33N3O3/c1-17-14-21(12-10-18(17)15-27)32-24-25(2,3)23(26(24,4)5)29-22(31)19-9-11-20(28-16-19)8-6-7-13-30/h9-12,14,16,23-24,30H,6-8,13H2,1-5H3,(H,29,31). The van der Waals surface area contributed by atoms with E-state index in [1.807, 2.05) is 31.2 Å². The summed E-state index contributed by atoms with van der Waals surface area (Å²) in [7, 11) is 0. The molecule has 0 aliphatic heterocycles. The zero-order valence-corrected chi connectivity index (χ0v) is 19.6. The largest absolute Gasteiger partial charge is 0.489 e. The molecule has 0 spiro atoms. The molecule has 2 N–H and O–H groups in total. The number of aliphatic hydroxyl groups excluding tert-OH is 1. The molecular formula is C26H33N3O3. The van der Waals surface area contributed by atoms with Crippen LogP contribution in [0, 0.1) is 29.1 Å². The molecule has 0 bridgehead atoms. The Labute approximate surface area is 190 Å². The van der Waals surface area contributed by atoms with Crippen LogP contribution in [-0.4, -0.2) is 34.8 Å². The molecule has 6 heteroatoms. The molecule has 1 aliphatic carbocycles. The second-order valence-electron chi connectivity index (χ2n) is 9.85. The van der Waals surface area contributed by atoms with Crippen LogP contribution in [0.3, 0.4) is 0 Å². The minimum Gasteiger partial charge on any atom is -0.489 e. The van der Waals surface area contributed by atoms with Crippen molar-refractivity contribution in [3.63, 3.8) is 0 Å². The molecule has 0 radical (unpaired) electrons. The molecule has 32 heavy (non-hydrogen) atoms. The van der Waals surface area contributed by atoms with Gasteiger partial charge in [0.1, 0.15) is 11.9 Å². The number of hydrogen-bond donors (Lipinski definition) is 2. The number of rotatable bonds is 8. The molecule has 0 unspecified atom stereocenters. The van der Waals surface area contributed by atoms with Gasteiger partial charge < -0.3 is 15.2 Å². The van der Waals surface area contributed by atoms with Crippen molar-refractivity contribution in [1.82, 2.24) is 10.3 Å². The zero-order chi connectivity index (χ0) is 23.5. The van der Waals surface area contributed by atoms with Gasteiger partial charge in [0.15, 0.2) is 0 Å². The van der Waals surface area contributed by atoms with E-state index in [0.717, 1.165) is 36.3 Å². The lowest BCUT2D eigenvalue weighted by Gasteiger charge is -2.63. The summed E-state index contributed by atoms with van der Waals surface area (Å²) in [4.78, 5) is 17.3. The summed E-state index contributed by atoms with van der Waals surface area (Å²) in [5.41, 5.74) is 2.43. The van der Waals surface area contributed by atoms with Gasteiger partial charge in [0.05, 0.1) is 17.2 Å².